The summed E-state index contributed by atoms with van der Waals surface area (Å²) >= 11 is 0. The fourth-order valence-corrected chi connectivity index (χ4v) is 3.09. The van der Waals surface area contributed by atoms with Gasteiger partial charge in [0.2, 0.25) is 0 Å². The van der Waals surface area contributed by atoms with Crippen LogP contribution in [-0.4, -0.2) is 40.1 Å². The van der Waals surface area contributed by atoms with Gasteiger partial charge in [-0.25, -0.2) is 9.59 Å². The van der Waals surface area contributed by atoms with E-state index in [1.165, 1.54) is 0 Å². The molecule has 2 atom stereocenters. The summed E-state index contributed by atoms with van der Waals surface area (Å²) < 4.78 is 5.26. The van der Waals surface area contributed by atoms with Gasteiger partial charge in [0.05, 0.1) is 0 Å². The highest BCUT2D eigenvalue weighted by molar-refractivity contribution is 5.91. The van der Waals surface area contributed by atoms with E-state index in [1.807, 2.05) is 60.7 Å². The van der Waals surface area contributed by atoms with Crippen LogP contribution in [-0.2, 0) is 27.2 Å². The van der Waals surface area contributed by atoms with Gasteiger partial charge in [-0.15, -0.1) is 0 Å². The zero-order valence-electron chi connectivity index (χ0n) is 14.1. The number of hydrogen-bond donors (Lipinski definition) is 1. The quantitative estimate of drug-likeness (QED) is 0.807. The van der Waals surface area contributed by atoms with Crippen LogP contribution in [0.4, 0.5) is 4.79 Å². The number of ether oxygens (including phenoxy) is 1. The zero-order valence-corrected chi connectivity index (χ0v) is 14.1. The highest BCUT2D eigenvalue weighted by atomic mass is 16.6. The van der Waals surface area contributed by atoms with Crippen molar-refractivity contribution < 1.29 is 24.2 Å². The molecular formula is C20H19NO5. The second kappa shape index (κ2) is 7.82. The van der Waals surface area contributed by atoms with Gasteiger partial charge in [0.15, 0.2) is 6.23 Å². The monoisotopic (exact) mass is 353 g/mol. The maximum atomic E-state index is 12.3. The lowest BCUT2D eigenvalue weighted by Gasteiger charge is -2.22. The maximum absolute atomic E-state index is 12.3. The Morgan fingerprint density at radius 3 is 2.12 bits per heavy atom. The van der Waals surface area contributed by atoms with Crippen molar-refractivity contribution in [1.29, 1.82) is 0 Å². The first-order valence-corrected chi connectivity index (χ1v) is 8.36. The van der Waals surface area contributed by atoms with Crippen LogP contribution in [0.3, 0.4) is 0 Å². The molecule has 0 radical (unpaired) electrons. The van der Waals surface area contributed by atoms with Gasteiger partial charge < -0.3 is 9.84 Å². The van der Waals surface area contributed by atoms with E-state index in [-0.39, 0.29) is 25.0 Å². The number of nitrogens with zero attached hydrogens (tertiary/aromatic N) is 1. The summed E-state index contributed by atoms with van der Waals surface area (Å²) in [5, 5.41) is 9.53. The van der Waals surface area contributed by atoms with E-state index in [4.69, 9.17) is 4.74 Å². The van der Waals surface area contributed by atoms with Crippen molar-refractivity contribution in [2.24, 2.45) is 0 Å². The largest absolute Gasteiger partial charge is 0.465 e. The highest BCUT2D eigenvalue weighted by Gasteiger charge is 2.45. The van der Waals surface area contributed by atoms with Gasteiger partial charge in [0.1, 0.15) is 11.8 Å². The van der Waals surface area contributed by atoms with Gasteiger partial charge in [-0.1, -0.05) is 60.7 Å². The Morgan fingerprint density at radius 1 is 0.962 bits per heavy atom. The van der Waals surface area contributed by atoms with Crippen LogP contribution in [0, 0.1) is 0 Å². The predicted octanol–water partition coefficient (Wildman–Crippen LogP) is 2.66. The van der Waals surface area contributed by atoms with Gasteiger partial charge in [-0.3, -0.25) is 9.69 Å². The number of benzene rings is 2. The molecule has 1 amide bonds. The summed E-state index contributed by atoms with van der Waals surface area (Å²) in [6, 6.07) is 17.2. The van der Waals surface area contributed by atoms with Crippen molar-refractivity contribution in [2.75, 3.05) is 0 Å². The van der Waals surface area contributed by atoms with E-state index >= 15 is 0 Å². The average molecular weight is 353 g/mol. The molecule has 0 saturated carbocycles. The van der Waals surface area contributed by atoms with E-state index < -0.39 is 24.3 Å². The van der Waals surface area contributed by atoms with Crippen LogP contribution in [0.5, 0.6) is 0 Å². The molecular weight excluding hydrogens is 334 g/mol. The number of carbonyl (C=O) groups is 3. The molecule has 0 bridgehead atoms. The smallest absolute Gasteiger partial charge is 0.410 e. The lowest BCUT2D eigenvalue weighted by atomic mass is 10.0. The van der Waals surface area contributed by atoms with Crippen molar-refractivity contribution in [3.05, 3.63) is 71.8 Å². The van der Waals surface area contributed by atoms with Gasteiger partial charge >= 0.3 is 12.1 Å². The molecule has 1 aliphatic rings. The summed E-state index contributed by atoms with van der Waals surface area (Å²) in [5.41, 5.74) is 1.68. The molecule has 1 unspecified atom stereocenters. The standard InChI is InChI=1S/C20H19NO5/c22-16(11-14-7-3-1-4-8-14)13-17-19(23)26-18(21(17)20(24)25)12-15-9-5-2-6-10-15/h1-10,17-18H,11-13H2,(H,24,25)/t17?,18-/m0/s1. The SMILES string of the molecule is O=C(Cc1ccccc1)CC1C(=O)O[C@@H](Cc2ccccc2)N1C(=O)O. The topological polar surface area (TPSA) is 83.9 Å². The Balaban J connectivity index is 1.70. The molecule has 0 aliphatic carbocycles. The molecule has 6 heteroatoms. The number of Topliss-reactive ketones (excluding diaryl/α,β-unsaturated/α-hetero) is 1. The summed E-state index contributed by atoms with van der Waals surface area (Å²) in [4.78, 5) is 37.2. The first-order chi connectivity index (χ1) is 12.5. The van der Waals surface area contributed by atoms with Crippen LogP contribution in [0.2, 0.25) is 0 Å². The number of carboxylic acid groups (broad SMARTS) is 1. The lowest BCUT2D eigenvalue weighted by molar-refractivity contribution is -0.143. The molecule has 26 heavy (non-hydrogen) atoms. The Bertz CT molecular complexity index is 790. The van der Waals surface area contributed by atoms with Gasteiger partial charge in [0.25, 0.3) is 0 Å². The predicted molar refractivity (Wildman–Crippen MR) is 93.4 cm³/mol. The Kier molecular flexibility index (Phi) is 5.31. The molecule has 134 valence electrons. The molecule has 1 fully saturated rings. The molecule has 1 heterocycles. The third-order valence-corrected chi connectivity index (χ3v) is 4.31. The lowest BCUT2D eigenvalue weighted by Crippen LogP contribution is -2.43. The second-order valence-corrected chi connectivity index (χ2v) is 6.19. The van der Waals surface area contributed by atoms with Crippen LogP contribution in [0.1, 0.15) is 17.5 Å². The summed E-state index contributed by atoms with van der Waals surface area (Å²) in [6.07, 6.45) is -1.97. The van der Waals surface area contributed by atoms with E-state index in [0.29, 0.717) is 0 Å². The van der Waals surface area contributed by atoms with Crippen molar-refractivity contribution in [3.8, 4) is 0 Å². The number of esters is 1. The van der Waals surface area contributed by atoms with Crippen LogP contribution >= 0.6 is 0 Å². The Hall–Kier alpha value is -3.15. The number of ketones is 1. The summed E-state index contributed by atoms with van der Waals surface area (Å²) in [5.74, 6) is -0.875. The van der Waals surface area contributed by atoms with Crippen molar-refractivity contribution in [1.82, 2.24) is 4.90 Å². The number of amides is 1. The van der Waals surface area contributed by atoms with E-state index in [2.05, 4.69) is 0 Å². The first kappa shape index (κ1) is 17.7. The molecule has 0 spiro atoms. The molecule has 1 N–H and O–H groups in total. The van der Waals surface area contributed by atoms with Crippen molar-refractivity contribution in [2.45, 2.75) is 31.5 Å². The van der Waals surface area contributed by atoms with Crippen LogP contribution in [0.15, 0.2) is 60.7 Å². The van der Waals surface area contributed by atoms with Crippen molar-refractivity contribution in [3.63, 3.8) is 0 Å². The minimum absolute atomic E-state index is 0.154. The molecule has 2 aromatic carbocycles. The maximum Gasteiger partial charge on any atom is 0.410 e. The molecule has 2 aromatic rings. The highest BCUT2D eigenvalue weighted by Crippen LogP contribution is 2.25. The summed E-state index contributed by atoms with van der Waals surface area (Å²) in [6.45, 7) is 0. The average Bonchev–Trinajstić information content (AvgIpc) is 2.92. The first-order valence-electron chi connectivity index (χ1n) is 8.36. The minimum atomic E-state index is -1.27. The van der Waals surface area contributed by atoms with E-state index in [0.717, 1.165) is 16.0 Å². The number of cyclic esters (lactones) is 1. The van der Waals surface area contributed by atoms with Gasteiger partial charge in [0, 0.05) is 19.3 Å². The molecule has 6 nitrogen and oxygen atoms in total. The minimum Gasteiger partial charge on any atom is -0.465 e. The molecule has 1 saturated heterocycles. The molecule has 0 aromatic heterocycles. The van der Waals surface area contributed by atoms with Crippen molar-refractivity contribution >= 4 is 17.8 Å². The van der Waals surface area contributed by atoms with E-state index in [9.17, 15) is 19.5 Å². The normalized spacial score (nSPS) is 19.2. The Morgan fingerprint density at radius 2 is 1.54 bits per heavy atom. The van der Waals surface area contributed by atoms with Crippen LogP contribution in [0.25, 0.3) is 0 Å². The summed E-state index contributed by atoms with van der Waals surface area (Å²) in [7, 11) is 0. The van der Waals surface area contributed by atoms with E-state index in [1.54, 1.807) is 0 Å². The fraction of sp³-hybridized carbons (Fsp3) is 0.250. The third-order valence-electron chi connectivity index (χ3n) is 4.31. The number of rotatable bonds is 6. The Labute approximate surface area is 151 Å². The zero-order chi connectivity index (χ0) is 18.5. The second-order valence-electron chi connectivity index (χ2n) is 6.19. The fourth-order valence-electron chi connectivity index (χ4n) is 3.09. The number of hydrogen-bond acceptors (Lipinski definition) is 4. The molecule has 1 aliphatic heterocycles. The van der Waals surface area contributed by atoms with Gasteiger partial charge in [-0.2, -0.15) is 0 Å². The third kappa shape index (κ3) is 4.08. The molecule has 3 rings (SSSR count). The van der Waals surface area contributed by atoms with Crippen LogP contribution < -0.4 is 0 Å². The number of carbonyl (C=O) groups excluding carboxylic acids is 2. The van der Waals surface area contributed by atoms with Gasteiger partial charge in [-0.05, 0) is 11.1 Å².